The Balaban J connectivity index is 1.86. The predicted octanol–water partition coefficient (Wildman–Crippen LogP) is 5.58. The summed E-state index contributed by atoms with van der Waals surface area (Å²) in [5, 5.41) is 14.5. The third kappa shape index (κ3) is 7.38. The van der Waals surface area contributed by atoms with E-state index in [1.54, 1.807) is 0 Å². The summed E-state index contributed by atoms with van der Waals surface area (Å²) in [5.74, 6) is 0. The van der Waals surface area contributed by atoms with Crippen molar-refractivity contribution in [2.24, 2.45) is 5.11 Å². The van der Waals surface area contributed by atoms with Crippen molar-refractivity contribution in [2.75, 3.05) is 6.61 Å². The number of aliphatic hydroxyl groups excluding tert-OH is 1. The Morgan fingerprint density at radius 2 is 1.54 bits per heavy atom. The van der Waals surface area contributed by atoms with Crippen LogP contribution in [0.15, 0.2) is 65.8 Å². The molecule has 9 heteroatoms. The summed E-state index contributed by atoms with van der Waals surface area (Å²) in [6.07, 6.45) is -3.24. The lowest BCUT2D eigenvalue weighted by atomic mass is 9.97. The lowest BCUT2D eigenvalue weighted by Gasteiger charge is -2.48. The molecule has 1 fully saturated rings. The normalized spacial score (nSPS) is 25.1. The van der Waals surface area contributed by atoms with E-state index in [4.69, 9.17) is 18.6 Å². The van der Waals surface area contributed by atoms with Gasteiger partial charge in [0, 0.05) is 4.91 Å². The average molecular weight is 500 g/mol. The molecule has 0 aromatic heterocycles. The molecule has 190 valence electrons. The van der Waals surface area contributed by atoms with Crippen LogP contribution in [0.4, 0.5) is 0 Å². The van der Waals surface area contributed by atoms with E-state index in [1.165, 1.54) is 0 Å². The Labute approximate surface area is 208 Å². The van der Waals surface area contributed by atoms with Gasteiger partial charge in [0.15, 0.2) is 14.6 Å². The van der Waals surface area contributed by atoms with Gasteiger partial charge in [-0.2, -0.15) is 0 Å². The van der Waals surface area contributed by atoms with Gasteiger partial charge in [0.2, 0.25) is 0 Å². The van der Waals surface area contributed by atoms with E-state index >= 15 is 0 Å². The molecule has 0 spiro atoms. The molecule has 1 aliphatic rings. The molecule has 1 heterocycles. The van der Waals surface area contributed by atoms with Crippen LogP contribution in [-0.2, 0) is 31.9 Å². The second-order valence-electron chi connectivity index (χ2n) is 10.4. The fourth-order valence-electron chi connectivity index (χ4n) is 3.71. The van der Waals surface area contributed by atoms with E-state index in [9.17, 15) is 10.6 Å². The van der Waals surface area contributed by atoms with Crippen molar-refractivity contribution in [1.29, 1.82) is 0 Å². The first-order valence-electron chi connectivity index (χ1n) is 11.9. The molecule has 0 aliphatic carbocycles. The van der Waals surface area contributed by atoms with Crippen LogP contribution in [0.3, 0.4) is 0 Å². The van der Waals surface area contributed by atoms with E-state index in [0.29, 0.717) is 6.61 Å². The summed E-state index contributed by atoms with van der Waals surface area (Å²) in [6.45, 7) is 11.6. The molecular weight excluding hydrogens is 462 g/mol. The first-order valence-corrected chi connectivity index (χ1v) is 14.9. The van der Waals surface area contributed by atoms with Crippen LogP contribution in [0.1, 0.15) is 31.9 Å². The third-order valence-corrected chi connectivity index (χ3v) is 11.2. The van der Waals surface area contributed by atoms with Crippen molar-refractivity contribution in [2.45, 2.75) is 82.8 Å². The summed E-state index contributed by atoms with van der Waals surface area (Å²) < 4.78 is 25.0. The molecule has 1 saturated heterocycles. The van der Waals surface area contributed by atoms with Gasteiger partial charge in [-0.05, 0) is 34.8 Å². The van der Waals surface area contributed by atoms with Gasteiger partial charge in [-0.3, -0.25) is 0 Å². The van der Waals surface area contributed by atoms with Crippen LogP contribution in [0.5, 0.6) is 0 Å². The van der Waals surface area contributed by atoms with Crippen molar-refractivity contribution >= 4 is 8.32 Å². The maximum absolute atomic E-state index is 10.8. The Morgan fingerprint density at radius 1 is 0.971 bits per heavy atom. The van der Waals surface area contributed by atoms with E-state index in [2.05, 4.69) is 43.9 Å². The number of ether oxygens (including phenoxy) is 3. The van der Waals surface area contributed by atoms with Crippen LogP contribution in [0, 0.1) is 0 Å². The lowest BCUT2D eigenvalue weighted by molar-refractivity contribution is -0.258. The maximum atomic E-state index is 10.8. The van der Waals surface area contributed by atoms with Gasteiger partial charge in [-0.1, -0.05) is 86.5 Å². The Bertz CT molecular complexity index is 964. The van der Waals surface area contributed by atoms with E-state index in [1.807, 2.05) is 60.7 Å². The molecule has 0 saturated carbocycles. The molecule has 5 atom stereocenters. The molecular formula is C26H37N3O5Si. The van der Waals surface area contributed by atoms with Gasteiger partial charge in [0.1, 0.15) is 18.2 Å². The third-order valence-electron chi connectivity index (χ3n) is 6.73. The number of nitrogens with zero attached hydrogens (tertiary/aromatic N) is 3. The Kier molecular flexibility index (Phi) is 9.49. The van der Waals surface area contributed by atoms with Crippen LogP contribution >= 0.6 is 0 Å². The SMILES string of the molecule is CC(C)(C)[Si](C)(C)O[C@H]1[C@H](OCc2ccccc2)[C@@H](N=[N+]=[N-])C(O)O[C@@H]1COCc1ccccc1. The molecule has 35 heavy (non-hydrogen) atoms. The monoisotopic (exact) mass is 499 g/mol. The quantitative estimate of drug-likeness (QED) is 0.199. The van der Waals surface area contributed by atoms with Gasteiger partial charge in [0.25, 0.3) is 0 Å². The fourth-order valence-corrected chi connectivity index (χ4v) is 5.03. The highest BCUT2D eigenvalue weighted by molar-refractivity contribution is 6.74. The molecule has 2 aromatic rings. The highest BCUT2D eigenvalue weighted by atomic mass is 28.4. The summed E-state index contributed by atoms with van der Waals surface area (Å²) in [6, 6.07) is 18.6. The zero-order valence-electron chi connectivity index (χ0n) is 21.2. The standard InChI is InChI=1S/C26H37N3O5Si/c1-26(2,3)35(4,5)34-23-21(18-31-16-19-12-8-6-9-13-19)33-25(30)22(28-29-27)24(23)32-17-20-14-10-7-11-15-20/h6-15,21-25,30H,16-18H2,1-5H3/t21-,22-,23-,24-,25?/m1/s1. The minimum atomic E-state index is -2.29. The molecule has 1 aliphatic heterocycles. The molecule has 0 radical (unpaired) electrons. The number of hydrogen-bond donors (Lipinski definition) is 1. The smallest absolute Gasteiger partial charge is 0.192 e. The molecule has 2 aromatic carbocycles. The molecule has 1 N–H and O–H groups in total. The van der Waals surface area contributed by atoms with E-state index < -0.39 is 39.0 Å². The fraction of sp³-hybridized carbons (Fsp3) is 0.538. The first kappa shape index (κ1) is 27.4. The molecule has 0 bridgehead atoms. The topological polar surface area (TPSA) is 106 Å². The second kappa shape index (κ2) is 12.1. The van der Waals surface area contributed by atoms with Gasteiger partial charge >= 0.3 is 0 Å². The number of aliphatic hydroxyl groups is 1. The van der Waals surface area contributed by atoms with Crippen molar-refractivity contribution in [1.82, 2.24) is 0 Å². The maximum Gasteiger partial charge on any atom is 0.192 e. The Morgan fingerprint density at radius 3 is 2.09 bits per heavy atom. The zero-order chi connectivity index (χ0) is 25.5. The van der Waals surface area contributed by atoms with Crippen molar-refractivity contribution in [3.63, 3.8) is 0 Å². The average Bonchev–Trinajstić information content (AvgIpc) is 2.82. The molecule has 3 rings (SSSR count). The van der Waals surface area contributed by atoms with Gasteiger partial charge < -0.3 is 23.7 Å². The zero-order valence-corrected chi connectivity index (χ0v) is 22.2. The number of rotatable bonds is 10. The molecule has 0 amide bonds. The summed E-state index contributed by atoms with van der Waals surface area (Å²) >= 11 is 0. The largest absolute Gasteiger partial charge is 0.409 e. The number of benzene rings is 2. The van der Waals surface area contributed by atoms with E-state index in [0.717, 1.165) is 11.1 Å². The first-order chi connectivity index (χ1) is 16.6. The predicted molar refractivity (Wildman–Crippen MR) is 137 cm³/mol. The lowest BCUT2D eigenvalue weighted by Crippen LogP contribution is -2.62. The number of hydrogen-bond acceptors (Lipinski definition) is 6. The van der Waals surface area contributed by atoms with Crippen LogP contribution in [-0.4, -0.2) is 50.7 Å². The van der Waals surface area contributed by atoms with Crippen LogP contribution < -0.4 is 0 Å². The minimum absolute atomic E-state index is 0.0729. The number of azide groups is 1. The van der Waals surface area contributed by atoms with Gasteiger partial charge in [-0.25, -0.2) is 0 Å². The minimum Gasteiger partial charge on any atom is -0.409 e. The second-order valence-corrected chi connectivity index (χ2v) is 15.1. The molecule has 1 unspecified atom stereocenters. The summed E-state index contributed by atoms with van der Waals surface area (Å²) in [4.78, 5) is 2.95. The van der Waals surface area contributed by atoms with Crippen LogP contribution in [0.2, 0.25) is 18.1 Å². The van der Waals surface area contributed by atoms with Gasteiger partial charge in [0.05, 0.1) is 25.9 Å². The van der Waals surface area contributed by atoms with Crippen LogP contribution in [0.25, 0.3) is 10.4 Å². The van der Waals surface area contributed by atoms with E-state index in [-0.39, 0.29) is 18.3 Å². The molecule has 8 nitrogen and oxygen atoms in total. The van der Waals surface area contributed by atoms with Crippen molar-refractivity contribution in [3.05, 3.63) is 82.2 Å². The highest BCUT2D eigenvalue weighted by Gasteiger charge is 2.50. The summed E-state index contributed by atoms with van der Waals surface area (Å²) in [5.41, 5.74) is 11.2. The highest BCUT2D eigenvalue weighted by Crippen LogP contribution is 2.40. The van der Waals surface area contributed by atoms with Gasteiger partial charge in [-0.15, -0.1) is 0 Å². The van der Waals surface area contributed by atoms with Crippen molar-refractivity contribution in [3.8, 4) is 0 Å². The Hall–Kier alpha value is -2.23. The summed E-state index contributed by atoms with van der Waals surface area (Å²) in [7, 11) is -2.29. The van der Waals surface area contributed by atoms with Crippen molar-refractivity contribution < 1.29 is 23.7 Å².